The number of hydrogen-bond donors (Lipinski definition) is 0. The van der Waals surface area contributed by atoms with Crippen LogP contribution in [0.5, 0.6) is 5.75 Å². The topological polar surface area (TPSA) is 90.0 Å². The summed E-state index contributed by atoms with van der Waals surface area (Å²) in [5.74, 6) is -0.145. The van der Waals surface area contributed by atoms with Gasteiger partial charge < -0.3 is 9.47 Å². The molecule has 1 heterocycles. The summed E-state index contributed by atoms with van der Waals surface area (Å²) >= 11 is 0. The molecular weight excluding hydrogens is 490 g/mol. The molecule has 0 radical (unpaired) electrons. The number of carbonyl (C=O) groups is 2. The third-order valence-electron chi connectivity index (χ3n) is 6.90. The number of nitrogens with zero attached hydrogens (tertiary/aromatic N) is 1. The van der Waals surface area contributed by atoms with Gasteiger partial charge in [0.15, 0.2) is 0 Å². The fourth-order valence-corrected chi connectivity index (χ4v) is 5.91. The number of methoxy groups -OCH3 is 2. The maximum Gasteiger partial charge on any atom is 0.332 e. The van der Waals surface area contributed by atoms with Crippen molar-refractivity contribution in [2.24, 2.45) is 5.92 Å². The van der Waals surface area contributed by atoms with E-state index in [1.165, 1.54) is 13.4 Å². The van der Waals surface area contributed by atoms with Crippen LogP contribution in [0.3, 0.4) is 0 Å². The van der Waals surface area contributed by atoms with Gasteiger partial charge in [0, 0.05) is 23.9 Å². The second-order valence-corrected chi connectivity index (χ2v) is 13.7. The zero-order valence-electron chi connectivity index (χ0n) is 23.2. The van der Waals surface area contributed by atoms with Crippen molar-refractivity contribution in [2.45, 2.75) is 64.8 Å². The fourth-order valence-electron chi connectivity index (χ4n) is 5.32. The molecule has 0 aromatic heterocycles. The SMILES string of the molecule is COC(=O)C1(CC(C)C)Cc2c(CCS(C)(=O)=O)cccc2N1C(=O)c1ccc(C(C)(C)C)c(OC)c1. The number of benzene rings is 2. The minimum atomic E-state index is -3.19. The van der Waals surface area contributed by atoms with Crippen molar-refractivity contribution >= 4 is 27.4 Å². The van der Waals surface area contributed by atoms with Crippen molar-refractivity contribution in [3.05, 3.63) is 58.7 Å². The van der Waals surface area contributed by atoms with Gasteiger partial charge in [0.05, 0.1) is 20.0 Å². The Morgan fingerprint density at radius 2 is 1.78 bits per heavy atom. The summed E-state index contributed by atoms with van der Waals surface area (Å²) in [7, 11) is -0.277. The van der Waals surface area contributed by atoms with Gasteiger partial charge in [-0.1, -0.05) is 52.8 Å². The largest absolute Gasteiger partial charge is 0.496 e. The molecule has 7 nitrogen and oxygen atoms in total. The summed E-state index contributed by atoms with van der Waals surface area (Å²) in [6, 6.07) is 10.9. The van der Waals surface area contributed by atoms with Gasteiger partial charge in [0.2, 0.25) is 0 Å². The summed E-state index contributed by atoms with van der Waals surface area (Å²) in [4.78, 5) is 29.3. The molecule has 0 aliphatic carbocycles. The number of rotatable bonds is 8. The third-order valence-corrected chi connectivity index (χ3v) is 7.85. The van der Waals surface area contributed by atoms with E-state index in [-0.39, 0.29) is 29.4 Å². The lowest BCUT2D eigenvalue weighted by Gasteiger charge is -2.37. The van der Waals surface area contributed by atoms with Gasteiger partial charge in [0.25, 0.3) is 5.91 Å². The van der Waals surface area contributed by atoms with Crippen LogP contribution in [-0.2, 0) is 37.6 Å². The van der Waals surface area contributed by atoms with Crippen LogP contribution in [-0.4, -0.2) is 52.1 Å². The van der Waals surface area contributed by atoms with E-state index < -0.39 is 21.3 Å². The van der Waals surface area contributed by atoms with Crippen LogP contribution in [0.25, 0.3) is 0 Å². The first-order chi connectivity index (χ1) is 17.1. The molecule has 8 heteroatoms. The molecule has 202 valence electrons. The highest BCUT2D eigenvalue weighted by Gasteiger charge is 2.54. The zero-order chi connectivity index (χ0) is 27.8. The highest BCUT2D eigenvalue weighted by molar-refractivity contribution is 7.90. The molecule has 0 fully saturated rings. The summed E-state index contributed by atoms with van der Waals surface area (Å²) < 4.78 is 34.7. The van der Waals surface area contributed by atoms with E-state index in [2.05, 4.69) is 20.8 Å². The fraction of sp³-hybridized carbons (Fsp3) is 0.517. The van der Waals surface area contributed by atoms with Crippen molar-refractivity contribution < 1.29 is 27.5 Å². The number of amides is 1. The molecule has 0 bridgehead atoms. The second-order valence-electron chi connectivity index (χ2n) is 11.4. The molecule has 1 aliphatic heterocycles. The van der Waals surface area contributed by atoms with Crippen LogP contribution in [0.2, 0.25) is 0 Å². The zero-order valence-corrected chi connectivity index (χ0v) is 24.0. The molecule has 0 N–H and O–H groups in total. The maximum absolute atomic E-state index is 14.3. The van der Waals surface area contributed by atoms with Gasteiger partial charge in [-0.25, -0.2) is 13.2 Å². The van der Waals surface area contributed by atoms with Crippen molar-refractivity contribution in [1.82, 2.24) is 0 Å². The molecule has 3 rings (SSSR count). The van der Waals surface area contributed by atoms with E-state index in [9.17, 15) is 18.0 Å². The minimum Gasteiger partial charge on any atom is -0.496 e. The Morgan fingerprint density at radius 3 is 2.32 bits per heavy atom. The van der Waals surface area contributed by atoms with Gasteiger partial charge in [0.1, 0.15) is 21.1 Å². The van der Waals surface area contributed by atoms with E-state index in [1.54, 1.807) is 24.1 Å². The number of fused-ring (bicyclic) bond motifs is 1. The number of hydrogen-bond acceptors (Lipinski definition) is 6. The first-order valence-electron chi connectivity index (χ1n) is 12.5. The highest BCUT2D eigenvalue weighted by atomic mass is 32.2. The molecule has 2 aromatic carbocycles. The summed E-state index contributed by atoms with van der Waals surface area (Å²) in [6.45, 7) is 10.2. The second kappa shape index (κ2) is 10.5. The highest BCUT2D eigenvalue weighted by Crippen LogP contribution is 2.46. The normalized spacial score (nSPS) is 17.6. The van der Waals surface area contributed by atoms with Crippen molar-refractivity contribution in [3.63, 3.8) is 0 Å². The lowest BCUT2D eigenvalue weighted by molar-refractivity contribution is -0.147. The third kappa shape index (κ3) is 5.84. The number of esters is 1. The monoisotopic (exact) mass is 529 g/mol. The van der Waals surface area contributed by atoms with Crippen LogP contribution in [0.1, 0.15) is 68.1 Å². The summed E-state index contributed by atoms with van der Waals surface area (Å²) in [5, 5.41) is 0. The number of carbonyl (C=O) groups excluding carboxylic acids is 2. The molecule has 1 aliphatic rings. The summed E-state index contributed by atoms with van der Waals surface area (Å²) in [6.07, 6.45) is 2.16. The van der Waals surface area contributed by atoms with Crippen LogP contribution in [0, 0.1) is 5.92 Å². The van der Waals surface area contributed by atoms with Crippen LogP contribution < -0.4 is 9.64 Å². The molecule has 2 aromatic rings. The molecule has 1 atom stereocenters. The van der Waals surface area contributed by atoms with Crippen LogP contribution >= 0.6 is 0 Å². The predicted molar refractivity (Wildman–Crippen MR) is 146 cm³/mol. The molecule has 37 heavy (non-hydrogen) atoms. The molecule has 0 saturated heterocycles. The Hall–Kier alpha value is -2.87. The standard InChI is InChI=1S/C29H39NO6S/c1-19(2)17-29(27(32)36-7)18-22-20(14-15-37(8,33)34)10-9-11-24(22)30(29)26(31)21-12-13-23(28(3,4)5)25(16-21)35-6/h9-13,16,19H,14-15,17-18H2,1-8H3. The van der Waals surface area contributed by atoms with Gasteiger partial charge >= 0.3 is 5.97 Å². The number of sulfone groups is 1. The predicted octanol–water partition coefficient (Wildman–Crippen LogP) is 4.74. The van der Waals surface area contributed by atoms with Gasteiger partial charge in [-0.15, -0.1) is 0 Å². The molecule has 1 unspecified atom stereocenters. The smallest absolute Gasteiger partial charge is 0.332 e. The molecule has 0 spiro atoms. The van der Waals surface area contributed by atoms with Gasteiger partial charge in [-0.05, 0) is 59.1 Å². The van der Waals surface area contributed by atoms with Gasteiger partial charge in [-0.2, -0.15) is 0 Å². The average molecular weight is 530 g/mol. The average Bonchev–Trinajstić information content (AvgIpc) is 3.14. The molecule has 1 amide bonds. The lowest BCUT2D eigenvalue weighted by Crippen LogP contribution is -2.57. The van der Waals surface area contributed by atoms with Crippen molar-refractivity contribution in [2.75, 3.05) is 31.1 Å². The number of anilines is 1. The van der Waals surface area contributed by atoms with E-state index in [1.807, 2.05) is 38.1 Å². The van der Waals surface area contributed by atoms with Crippen LogP contribution in [0.4, 0.5) is 5.69 Å². The van der Waals surface area contributed by atoms with Crippen LogP contribution in [0.15, 0.2) is 36.4 Å². The number of aryl methyl sites for hydroxylation is 1. The van der Waals surface area contributed by atoms with E-state index >= 15 is 0 Å². The Morgan fingerprint density at radius 1 is 1.11 bits per heavy atom. The Bertz CT molecular complexity index is 1290. The van der Waals surface area contributed by atoms with E-state index in [4.69, 9.17) is 9.47 Å². The Labute approximate surface area is 221 Å². The molecular formula is C29H39NO6S. The van der Waals surface area contributed by atoms with E-state index in [0.717, 1.165) is 16.7 Å². The maximum atomic E-state index is 14.3. The minimum absolute atomic E-state index is 0.0156. The molecule has 0 saturated carbocycles. The van der Waals surface area contributed by atoms with Gasteiger partial charge in [-0.3, -0.25) is 9.69 Å². The Balaban J connectivity index is 2.22. The first-order valence-corrected chi connectivity index (χ1v) is 14.6. The van der Waals surface area contributed by atoms with Crippen molar-refractivity contribution in [1.29, 1.82) is 0 Å². The summed E-state index contributed by atoms with van der Waals surface area (Å²) in [5.41, 5.74) is 2.17. The first kappa shape index (κ1) is 28.7. The Kier molecular flexibility index (Phi) is 8.13. The van der Waals surface area contributed by atoms with Crippen molar-refractivity contribution in [3.8, 4) is 5.75 Å². The van der Waals surface area contributed by atoms with E-state index in [0.29, 0.717) is 29.8 Å². The lowest BCUT2D eigenvalue weighted by atomic mass is 9.83. The number of ether oxygens (including phenoxy) is 2. The quantitative estimate of drug-likeness (QED) is 0.459.